The van der Waals surface area contributed by atoms with Crippen molar-refractivity contribution in [3.05, 3.63) is 57.5 Å². The topological polar surface area (TPSA) is 106 Å². The summed E-state index contributed by atoms with van der Waals surface area (Å²) in [5.41, 5.74) is 11.9. The Bertz CT molecular complexity index is 1110. The summed E-state index contributed by atoms with van der Waals surface area (Å²) in [7, 11) is 0. The van der Waals surface area contributed by atoms with Crippen LogP contribution < -0.4 is 11.3 Å². The third-order valence-electron chi connectivity index (χ3n) is 6.28. The number of anilines is 1. The molecule has 2 aliphatic heterocycles. The zero-order chi connectivity index (χ0) is 20.1. The number of aromatic amines is 1. The predicted molar refractivity (Wildman–Crippen MR) is 110 cm³/mol. The highest BCUT2D eigenvalue weighted by atomic mass is 16.1. The minimum atomic E-state index is 0.0411. The van der Waals surface area contributed by atoms with E-state index in [1.165, 1.54) is 11.9 Å². The van der Waals surface area contributed by atoms with Crippen LogP contribution in [0.4, 0.5) is 5.82 Å². The van der Waals surface area contributed by atoms with Crippen molar-refractivity contribution < 1.29 is 0 Å². The first-order chi connectivity index (χ1) is 14.0. The number of nitrogens with two attached hydrogens (primary N) is 1. The van der Waals surface area contributed by atoms with Crippen molar-refractivity contribution in [2.75, 3.05) is 18.8 Å². The highest BCUT2D eigenvalue weighted by Gasteiger charge is 2.35. The maximum Gasteiger partial charge on any atom is 0.251 e. The number of aromatic nitrogens is 5. The molecule has 0 radical (unpaired) electrons. The third kappa shape index (κ3) is 3.23. The van der Waals surface area contributed by atoms with E-state index in [-0.39, 0.29) is 5.56 Å². The number of nitrogens with one attached hydrogen (secondary N) is 1. The molecule has 1 fully saturated rings. The molecule has 3 aromatic rings. The van der Waals surface area contributed by atoms with Gasteiger partial charge in [-0.25, -0.2) is 9.97 Å². The molecule has 5 rings (SSSR count). The first-order valence-corrected chi connectivity index (χ1v) is 10.0. The van der Waals surface area contributed by atoms with E-state index in [1.807, 2.05) is 4.57 Å². The lowest BCUT2D eigenvalue weighted by Crippen LogP contribution is -2.46. The zero-order valence-corrected chi connectivity index (χ0v) is 16.7. The Morgan fingerprint density at radius 1 is 1.17 bits per heavy atom. The summed E-state index contributed by atoms with van der Waals surface area (Å²) in [5.74, 6) is 1.23. The van der Waals surface area contributed by atoms with Gasteiger partial charge in [0.25, 0.3) is 5.56 Å². The molecule has 3 N–H and O–H groups in total. The molecule has 0 saturated carbocycles. The minimum absolute atomic E-state index is 0.0411. The van der Waals surface area contributed by atoms with Crippen LogP contribution in [-0.4, -0.2) is 42.7 Å². The van der Waals surface area contributed by atoms with Gasteiger partial charge in [-0.2, -0.15) is 5.10 Å². The van der Waals surface area contributed by atoms with Gasteiger partial charge in [-0.15, -0.1) is 0 Å². The van der Waals surface area contributed by atoms with Crippen molar-refractivity contribution in [2.45, 2.75) is 39.3 Å². The van der Waals surface area contributed by atoms with Crippen LogP contribution in [0.3, 0.4) is 0 Å². The number of pyridine rings is 1. The highest BCUT2D eigenvalue weighted by Crippen LogP contribution is 2.37. The number of nitrogen functional groups attached to an aromatic ring is 1. The molecule has 8 heteroatoms. The van der Waals surface area contributed by atoms with E-state index >= 15 is 0 Å². The van der Waals surface area contributed by atoms with Crippen LogP contribution in [0, 0.1) is 19.8 Å². The molecule has 1 saturated heterocycles. The molecular formula is C21H25N7O. The largest absolute Gasteiger partial charge is 0.384 e. The number of hydrogen-bond donors (Lipinski definition) is 2. The Morgan fingerprint density at radius 2 is 2.03 bits per heavy atom. The number of rotatable bonds is 3. The van der Waals surface area contributed by atoms with Gasteiger partial charge < -0.3 is 10.3 Å². The Balaban J connectivity index is 1.47. The van der Waals surface area contributed by atoms with Crippen LogP contribution in [0.2, 0.25) is 0 Å². The zero-order valence-electron chi connectivity index (χ0n) is 16.7. The van der Waals surface area contributed by atoms with Crippen LogP contribution in [0.25, 0.3) is 11.3 Å². The lowest BCUT2D eigenvalue weighted by molar-refractivity contribution is 0.114. The average molecular weight is 391 g/mol. The molecule has 5 heterocycles. The lowest BCUT2D eigenvalue weighted by atomic mass is 9.82. The molecular weight excluding hydrogens is 366 g/mol. The van der Waals surface area contributed by atoms with Crippen molar-refractivity contribution in [2.24, 2.45) is 5.92 Å². The van der Waals surface area contributed by atoms with Gasteiger partial charge in [-0.3, -0.25) is 14.8 Å². The molecule has 2 atom stereocenters. The van der Waals surface area contributed by atoms with Gasteiger partial charge in [0.15, 0.2) is 0 Å². The summed E-state index contributed by atoms with van der Waals surface area (Å²) in [6.07, 6.45) is 2.56. The number of likely N-dealkylation sites (tertiary alicyclic amines) is 1. The predicted octanol–water partition coefficient (Wildman–Crippen LogP) is 1.85. The number of aryl methyl sites for hydroxylation is 2. The number of H-pyrrole nitrogens is 1. The van der Waals surface area contributed by atoms with E-state index in [4.69, 9.17) is 5.73 Å². The molecule has 2 aliphatic rings. The normalized spacial score (nSPS) is 21.2. The van der Waals surface area contributed by atoms with E-state index in [9.17, 15) is 4.79 Å². The van der Waals surface area contributed by atoms with E-state index < -0.39 is 0 Å². The average Bonchev–Trinajstić information content (AvgIpc) is 3.00. The summed E-state index contributed by atoms with van der Waals surface area (Å²) < 4.78 is 1.96. The summed E-state index contributed by atoms with van der Waals surface area (Å²) in [5, 5.41) is 7.42. The highest BCUT2D eigenvalue weighted by molar-refractivity contribution is 5.61. The smallest absolute Gasteiger partial charge is 0.251 e. The van der Waals surface area contributed by atoms with Gasteiger partial charge in [-0.05, 0) is 32.3 Å². The van der Waals surface area contributed by atoms with Crippen LogP contribution in [0.5, 0.6) is 0 Å². The Morgan fingerprint density at radius 3 is 2.79 bits per heavy atom. The summed E-state index contributed by atoms with van der Waals surface area (Å²) in [6.45, 7) is 7.75. The summed E-state index contributed by atoms with van der Waals surface area (Å²) in [4.78, 5) is 23.6. The fraction of sp³-hybridized carbons (Fsp3) is 0.429. The van der Waals surface area contributed by atoms with Crippen LogP contribution in [0.15, 0.2) is 29.3 Å². The van der Waals surface area contributed by atoms with Crippen LogP contribution in [0.1, 0.15) is 35.0 Å². The van der Waals surface area contributed by atoms with Gasteiger partial charge in [0, 0.05) is 66.7 Å². The Kier molecular flexibility index (Phi) is 4.24. The van der Waals surface area contributed by atoms with Crippen LogP contribution >= 0.6 is 0 Å². The maximum absolute atomic E-state index is 12.9. The maximum atomic E-state index is 12.9. The Labute approximate surface area is 168 Å². The number of fused-ring (bicyclic) bond motifs is 4. The van der Waals surface area contributed by atoms with Gasteiger partial charge in [0.05, 0.1) is 11.4 Å². The molecule has 0 spiro atoms. The molecule has 3 aromatic heterocycles. The van der Waals surface area contributed by atoms with E-state index in [1.54, 1.807) is 12.1 Å². The second kappa shape index (κ2) is 6.81. The van der Waals surface area contributed by atoms with Crippen molar-refractivity contribution >= 4 is 5.82 Å². The van der Waals surface area contributed by atoms with E-state index in [0.29, 0.717) is 23.3 Å². The lowest BCUT2D eigenvalue weighted by Gasteiger charge is -2.43. The molecule has 8 nitrogen and oxygen atoms in total. The van der Waals surface area contributed by atoms with Gasteiger partial charge in [0.1, 0.15) is 12.1 Å². The SMILES string of the molecule is Cc1n[nH]c(C)c1CN1C[C@@H]2C[C@H](C1)c1cc(-c3cc(N)ncn3)cc(=O)n1C2. The second-order valence-corrected chi connectivity index (χ2v) is 8.35. The number of piperidine rings is 1. The number of nitrogens with zero attached hydrogens (tertiary/aromatic N) is 5. The fourth-order valence-corrected chi connectivity index (χ4v) is 4.90. The Hall–Kier alpha value is -3.00. The molecule has 2 bridgehead atoms. The van der Waals surface area contributed by atoms with Crippen molar-refractivity contribution in [3.8, 4) is 11.3 Å². The second-order valence-electron chi connectivity index (χ2n) is 8.35. The molecule has 0 aliphatic carbocycles. The third-order valence-corrected chi connectivity index (χ3v) is 6.28. The minimum Gasteiger partial charge on any atom is -0.384 e. The number of hydrogen-bond acceptors (Lipinski definition) is 6. The molecule has 150 valence electrons. The van der Waals surface area contributed by atoms with Gasteiger partial charge in [0.2, 0.25) is 0 Å². The summed E-state index contributed by atoms with van der Waals surface area (Å²) in [6, 6.07) is 5.50. The first kappa shape index (κ1) is 18.1. The quantitative estimate of drug-likeness (QED) is 0.706. The van der Waals surface area contributed by atoms with Crippen molar-refractivity contribution in [1.82, 2.24) is 29.6 Å². The van der Waals surface area contributed by atoms with Crippen molar-refractivity contribution in [3.63, 3.8) is 0 Å². The monoisotopic (exact) mass is 391 g/mol. The van der Waals surface area contributed by atoms with E-state index in [2.05, 4.69) is 45.0 Å². The molecule has 0 unspecified atom stereocenters. The fourth-order valence-electron chi connectivity index (χ4n) is 4.90. The molecule has 0 amide bonds. The van der Waals surface area contributed by atoms with Crippen LogP contribution in [-0.2, 0) is 13.1 Å². The molecule has 0 aromatic carbocycles. The summed E-state index contributed by atoms with van der Waals surface area (Å²) >= 11 is 0. The van der Waals surface area contributed by atoms with Gasteiger partial charge >= 0.3 is 0 Å². The van der Waals surface area contributed by atoms with Crippen molar-refractivity contribution in [1.29, 1.82) is 0 Å². The van der Waals surface area contributed by atoms with E-state index in [0.717, 1.165) is 55.2 Å². The van der Waals surface area contributed by atoms with Gasteiger partial charge in [-0.1, -0.05) is 0 Å². The standard InChI is InChI=1S/C21H25N7O/c1-12-17(13(2)26-25-12)10-27-7-14-3-16(9-27)19-4-15(5-21(29)28(19)8-14)18-6-20(22)24-11-23-18/h4-6,11,14,16H,3,7-10H2,1-2H3,(H,25,26)(H2,22,23,24)/t14-,16+/m0/s1. The molecule has 29 heavy (non-hydrogen) atoms. The first-order valence-electron chi connectivity index (χ1n) is 10.0.